The summed E-state index contributed by atoms with van der Waals surface area (Å²) in [5.74, 6) is 2.48. The Hall–Kier alpha value is -0.200. The van der Waals surface area contributed by atoms with Crippen molar-refractivity contribution < 1.29 is 0 Å². The second kappa shape index (κ2) is 6.11. The number of aromatic nitrogens is 3. The van der Waals surface area contributed by atoms with Gasteiger partial charge in [0.1, 0.15) is 0 Å². The smallest absolute Gasteiger partial charge is 0.0842 e. The van der Waals surface area contributed by atoms with Crippen LogP contribution in [0.1, 0.15) is 19.0 Å². The van der Waals surface area contributed by atoms with Gasteiger partial charge in [0.25, 0.3) is 0 Å². The van der Waals surface area contributed by atoms with Crippen molar-refractivity contribution in [1.29, 1.82) is 0 Å². The summed E-state index contributed by atoms with van der Waals surface area (Å²) >= 11 is 4.10. The van der Waals surface area contributed by atoms with Gasteiger partial charge in [0.2, 0.25) is 0 Å². The normalized spacial score (nSPS) is 27.0. The van der Waals surface area contributed by atoms with Crippen LogP contribution in [0.5, 0.6) is 0 Å². The first-order valence-electron chi connectivity index (χ1n) is 6.04. The number of rotatable bonds is 4. The molecule has 4 nitrogen and oxygen atoms in total. The highest BCUT2D eigenvalue weighted by atomic mass is 32.2. The van der Waals surface area contributed by atoms with Crippen LogP contribution < -0.4 is 5.73 Å². The van der Waals surface area contributed by atoms with Crippen molar-refractivity contribution >= 4 is 23.5 Å². The second-order valence-corrected chi connectivity index (χ2v) is 7.04. The number of nitrogens with two attached hydrogens (primary N) is 1. The van der Waals surface area contributed by atoms with Crippen LogP contribution in [-0.2, 0) is 13.5 Å². The lowest BCUT2D eigenvalue weighted by atomic mass is 10.1. The first-order valence-corrected chi connectivity index (χ1v) is 8.14. The Kier molecular flexibility index (Phi) is 4.76. The molecule has 1 saturated heterocycles. The van der Waals surface area contributed by atoms with E-state index >= 15 is 0 Å². The number of hydrogen-bond donors (Lipinski definition) is 1. The van der Waals surface area contributed by atoms with Gasteiger partial charge in [-0.3, -0.25) is 4.68 Å². The SMILES string of the molecule is CCC1SCCSC1C(N)Cc1cn(C)nn1. The highest BCUT2D eigenvalue weighted by Crippen LogP contribution is 2.35. The Morgan fingerprint density at radius 2 is 2.29 bits per heavy atom. The number of nitrogens with zero attached hydrogens (tertiary/aromatic N) is 3. The van der Waals surface area contributed by atoms with Crippen molar-refractivity contribution in [2.24, 2.45) is 12.8 Å². The lowest BCUT2D eigenvalue weighted by Crippen LogP contribution is -2.43. The van der Waals surface area contributed by atoms with Gasteiger partial charge in [-0.2, -0.15) is 23.5 Å². The van der Waals surface area contributed by atoms with Gasteiger partial charge in [0.05, 0.1) is 5.69 Å². The minimum absolute atomic E-state index is 0.189. The molecule has 6 heteroatoms. The third-order valence-electron chi connectivity index (χ3n) is 3.01. The van der Waals surface area contributed by atoms with Gasteiger partial charge < -0.3 is 5.73 Å². The molecule has 0 bridgehead atoms. The van der Waals surface area contributed by atoms with Gasteiger partial charge in [-0.15, -0.1) is 5.10 Å². The van der Waals surface area contributed by atoms with Crippen LogP contribution in [0.4, 0.5) is 0 Å². The zero-order chi connectivity index (χ0) is 12.3. The molecule has 1 aliphatic rings. The quantitative estimate of drug-likeness (QED) is 0.895. The zero-order valence-corrected chi connectivity index (χ0v) is 12.0. The second-order valence-electron chi connectivity index (χ2n) is 4.40. The van der Waals surface area contributed by atoms with E-state index in [1.807, 2.05) is 25.0 Å². The van der Waals surface area contributed by atoms with E-state index in [0.29, 0.717) is 10.5 Å². The van der Waals surface area contributed by atoms with E-state index in [1.165, 1.54) is 17.9 Å². The molecular formula is C11H20N4S2. The molecule has 1 fully saturated rings. The standard InChI is InChI=1S/C11H20N4S2/c1-3-10-11(17-5-4-16-10)9(12)6-8-7-15(2)14-13-8/h7,9-11H,3-6,12H2,1-2H3. The summed E-state index contributed by atoms with van der Waals surface area (Å²) in [7, 11) is 1.89. The first-order chi connectivity index (χ1) is 8.20. The first kappa shape index (κ1) is 13.2. The molecule has 1 aromatic rings. The lowest BCUT2D eigenvalue weighted by Gasteiger charge is -2.33. The van der Waals surface area contributed by atoms with Gasteiger partial charge in [0.15, 0.2) is 0 Å². The molecule has 1 aromatic heterocycles. The van der Waals surface area contributed by atoms with Gasteiger partial charge >= 0.3 is 0 Å². The molecular weight excluding hydrogens is 252 g/mol. The van der Waals surface area contributed by atoms with E-state index in [2.05, 4.69) is 29.0 Å². The third-order valence-corrected chi connectivity index (χ3v) is 6.44. The van der Waals surface area contributed by atoms with Crippen molar-refractivity contribution in [2.75, 3.05) is 11.5 Å². The van der Waals surface area contributed by atoms with Crippen molar-refractivity contribution in [3.8, 4) is 0 Å². The van der Waals surface area contributed by atoms with Crippen molar-refractivity contribution in [2.45, 2.75) is 36.3 Å². The molecule has 2 heterocycles. The van der Waals surface area contributed by atoms with Crippen molar-refractivity contribution in [3.05, 3.63) is 11.9 Å². The number of hydrogen-bond acceptors (Lipinski definition) is 5. The van der Waals surface area contributed by atoms with Crippen LogP contribution >= 0.6 is 23.5 Å². The third kappa shape index (κ3) is 3.39. The fourth-order valence-corrected chi connectivity index (χ4v) is 5.38. The van der Waals surface area contributed by atoms with Crippen LogP contribution in [0.3, 0.4) is 0 Å². The molecule has 3 atom stereocenters. The topological polar surface area (TPSA) is 56.7 Å². The fourth-order valence-electron chi connectivity index (χ4n) is 2.18. The molecule has 0 radical (unpaired) electrons. The van der Waals surface area contributed by atoms with E-state index < -0.39 is 0 Å². The van der Waals surface area contributed by atoms with Crippen LogP contribution in [-0.4, -0.2) is 43.0 Å². The van der Waals surface area contributed by atoms with E-state index in [-0.39, 0.29) is 6.04 Å². The van der Waals surface area contributed by atoms with Crippen LogP contribution in [0.25, 0.3) is 0 Å². The number of aryl methyl sites for hydroxylation is 1. The summed E-state index contributed by atoms with van der Waals surface area (Å²) in [4.78, 5) is 0. The summed E-state index contributed by atoms with van der Waals surface area (Å²) in [6.07, 6.45) is 4.00. The van der Waals surface area contributed by atoms with Gasteiger partial charge in [-0.05, 0) is 6.42 Å². The molecule has 0 amide bonds. The predicted octanol–water partition coefficient (Wildman–Crippen LogP) is 1.31. The Bertz CT molecular complexity index is 355. The Labute approximate surface area is 111 Å². The summed E-state index contributed by atoms with van der Waals surface area (Å²) < 4.78 is 1.74. The maximum absolute atomic E-state index is 6.34. The average Bonchev–Trinajstić information content (AvgIpc) is 2.74. The molecule has 1 aliphatic heterocycles. The van der Waals surface area contributed by atoms with Crippen molar-refractivity contribution in [1.82, 2.24) is 15.0 Å². The van der Waals surface area contributed by atoms with E-state index in [9.17, 15) is 0 Å². The maximum Gasteiger partial charge on any atom is 0.0842 e. The minimum Gasteiger partial charge on any atom is -0.326 e. The van der Waals surface area contributed by atoms with E-state index in [4.69, 9.17) is 5.73 Å². The van der Waals surface area contributed by atoms with Gasteiger partial charge in [-0.1, -0.05) is 12.1 Å². The average molecular weight is 272 g/mol. The molecule has 2 N–H and O–H groups in total. The number of thioether (sulfide) groups is 2. The predicted molar refractivity (Wildman–Crippen MR) is 75.5 cm³/mol. The molecule has 0 aromatic carbocycles. The van der Waals surface area contributed by atoms with E-state index in [1.54, 1.807) is 4.68 Å². The maximum atomic E-state index is 6.34. The van der Waals surface area contributed by atoms with E-state index in [0.717, 1.165) is 12.1 Å². The Morgan fingerprint density at radius 3 is 2.94 bits per heavy atom. The minimum atomic E-state index is 0.189. The fraction of sp³-hybridized carbons (Fsp3) is 0.818. The molecule has 96 valence electrons. The van der Waals surface area contributed by atoms with Gasteiger partial charge in [0, 0.05) is 47.7 Å². The molecule has 3 unspecified atom stereocenters. The van der Waals surface area contributed by atoms with Crippen LogP contribution in [0.2, 0.25) is 0 Å². The molecule has 0 aliphatic carbocycles. The molecule has 17 heavy (non-hydrogen) atoms. The van der Waals surface area contributed by atoms with Crippen molar-refractivity contribution in [3.63, 3.8) is 0 Å². The summed E-state index contributed by atoms with van der Waals surface area (Å²) in [5, 5.41) is 9.32. The largest absolute Gasteiger partial charge is 0.326 e. The van der Waals surface area contributed by atoms with Crippen LogP contribution in [0, 0.1) is 0 Å². The summed E-state index contributed by atoms with van der Waals surface area (Å²) in [5.41, 5.74) is 7.35. The Morgan fingerprint density at radius 1 is 1.53 bits per heavy atom. The monoisotopic (exact) mass is 272 g/mol. The molecule has 0 saturated carbocycles. The highest BCUT2D eigenvalue weighted by molar-refractivity contribution is 8.07. The summed E-state index contributed by atoms with van der Waals surface area (Å²) in [6.45, 7) is 2.26. The molecule has 0 spiro atoms. The zero-order valence-electron chi connectivity index (χ0n) is 10.4. The van der Waals surface area contributed by atoms with Crippen LogP contribution in [0.15, 0.2) is 6.20 Å². The Balaban J connectivity index is 1.95. The highest BCUT2D eigenvalue weighted by Gasteiger charge is 2.30. The molecule has 2 rings (SSSR count). The lowest BCUT2D eigenvalue weighted by molar-refractivity contribution is 0.590. The van der Waals surface area contributed by atoms with Gasteiger partial charge in [-0.25, -0.2) is 0 Å². The summed E-state index contributed by atoms with van der Waals surface area (Å²) in [6, 6.07) is 0.189.